The number of primary amides is 1. The molecule has 2 aromatic carbocycles. The molecule has 2 aromatic rings. The number of ether oxygens (including phenoxy) is 1. The Balaban J connectivity index is 2.03. The fourth-order valence-corrected chi connectivity index (χ4v) is 2.06. The molecule has 0 aliphatic heterocycles. The third-order valence-electron chi connectivity index (χ3n) is 2.78. The van der Waals surface area contributed by atoms with Gasteiger partial charge in [-0.2, -0.15) is 0 Å². The van der Waals surface area contributed by atoms with Crippen LogP contribution in [0.4, 0.5) is 14.5 Å². The molecule has 0 aliphatic carbocycles. The second-order valence-electron chi connectivity index (χ2n) is 4.47. The number of rotatable bonds is 5. The molecule has 0 aromatic heterocycles. The van der Waals surface area contributed by atoms with Crippen LogP contribution >= 0.6 is 22.6 Å². The lowest BCUT2D eigenvalue weighted by Gasteiger charge is -2.09. The first-order valence-corrected chi connectivity index (χ1v) is 7.42. The number of halogens is 3. The molecule has 0 heterocycles. The molecule has 0 spiro atoms. The van der Waals surface area contributed by atoms with Crippen LogP contribution in [0.5, 0.6) is 5.75 Å². The number of hydrogen-bond acceptors (Lipinski definition) is 3. The van der Waals surface area contributed by atoms with E-state index in [9.17, 15) is 18.4 Å². The summed E-state index contributed by atoms with van der Waals surface area (Å²) in [6.45, 7) is -0.372. The van der Waals surface area contributed by atoms with E-state index in [0.29, 0.717) is 11.8 Å². The predicted molar refractivity (Wildman–Crippen MR) is 88.2 cm³/mol. The molecule has 0 atom stereocenters. The van der Waals surface area contributed by atoms with Crippen LogP contribution in [-0.2, 0) is 4.79 Å². The predicted octanol–water partition coefficient (Wildman–Crippen LogP) is 2.69. The number of benzene rings is 2. The lowest BCUT2D eigenvalue weighted by molar-refractivity contribution is -0.118. The summed E-state index contributed by atoms with van der Waals surface area (Å²) in [5, 5.41) is 2.20. The first-order valence-electron chi connectivity index (χ1n) is 6.34. The van der Waals surface area contributed by atoms with Crippen molar-refractivity contribution in [3.05, 3.63) is 57.2 Å². The van der Waals surface area contributed by atoms with Crippen LogP contribution < -0.4 is 15.8 Å². The molecule has 5 nitrogen and oxygen atoms in total. The normalized spacial score (nSPS) is 10.2. The highest BCUT2D eigenvalue weighted by Crippen LogP contribution is 2.19. The Kier molecular flexibility index (Phi) is 5.48. The summed E-state index contributed by atoms with van der Waals surface area (Å²) in [6.07, 6.45) is 0. The van der Waals surface area contributed by atoms with Gasteiger partial charge in [0.1, 0.15) is 17.4 Å². The third-order valence-corrected chi connectivity index (χ3v) is 3.50. The largest absolute Gasteiger partial charge is 0.484 e. The van der Waals surface area contributed by atoms with Crippen molar-refractivity contribution < 1.29 is 23.1 Å². The molecule has 120 valence electrons. The van der Waals surface area contributed by atoms with E-state index in [1.165, 1.54) is 0 Å². The van der Waals surface area contributed by atoms with Crippen molar-refractivity contribution in [2.75, 3.05) is 11.9 Å². The molecule has 23 heavy (non-hydrogen) atoms. The molecule has 0 fully saturated rings. The van der Waals surface area contributed by atoms with Crippen LogP contribution in [0, 0.1) is 15.2 Å². The van der Waals surface area contributed by atoms with Gasteiger partial charge in [-0.3, -0.25) is 9.59 Å². The molecule has 0 radical (unpaired) electrons. The van der Waals surface area contributed by atoms with Gasteiger partial charge in [0.15, 0.2) is 6.61 Å². The Bertz CT molecular complexity index is 751. The minimum atomic E-state index is -1.09. The Morgan fingerprint density at radius 2 is 1.78 bits per heavy atom. The number of hydrogen-bond donors (Lipinski definition) is 2. The standard InChI is InChI=1S/C15H11F2IN2O3/c16-11-6-12(17)13(5-10(11)15(19)22)20-14(21)7-23-9-3-1-8(18)2-4-9/h1-6H,7H2,(H2,19,22)(H,20,21). The number of carbonyl (C=O) groups excluding carboxylic acids is 2. The lowest BCUT2D eigenvalue weighted by Crippen LogP contribution is -2.22. The zero-order valence-electron chi connectivity index (χ0n) is 11.6. The van der Waals surface area contributed by atoms with E-state index in [0.717, 1.165) is 9.64 Å². The molecular weight excluding hydrogens is 421 g/mol. The highest BCUT2D eigenvalue weighted by atomic mass is 127. The van der Waals surface area contributed by atoms with E-state index in [-0.39, 0.29) is 12.3 Å². The van der Waals surface area contributed by atoms with Gasteiger partial charge >= 0.3 is 0 Å². The van der Waals surface area contributed by atoms with Gasteiger partial charge in [-0.25, -0.2) is 8.78 Å². The second kappa shape index (κ2) is 7.36. The smallest absolute Gasteiger partial charge is 0.262 e. The van der Waals surface area contributed by atoms with Crippen molar-refractivity contribution >= 4 is 40.1 Å². The van der Waals surface area contributed by atoms with Crippen molar-refractivity contribution in [1.82, 2.24) is 0 Å². The zero-order chi connectivity index (χ0) is 17.0. The molecule has 0 bridgehead atoms. The van der Waals surface area contributed by atoms with Crippen molar-refractivity contribution in [1.29, 1.82) is 0 Å². The molecule has 8 heteroatoms. The molecule has 0 aliphatic rings. The Hall–Kier alpha value is -2.23. The monoisotopic (exact) mass is 432 g/mol. The minimum absolute atomic E-state index is 0.351. The third kappa shape index (κ3) is 4.62. The van der Waals surface area contributed by atoms with E-state index in [2.05, 4.69) is 27.9 Å². The van der Waals surface area contributed by atoms with Crippen LogP contribution in [0.1, 0.15) is 10.4 Å². The molecule has 3 N–H and O–H groups in total. The summed E-state index contributed by atoms with van der Waals surface area (Å²) in [7, 11) is 0. The fourth-order valence-electron chi connectivity index (χ4n) is 1.70. The molecular formula is C15H11F2IN2O3. The minimum Gasteiger partial charge on any atom is -0.484 e. The summed E-state index contributed by atoms with van der Waals surface area (Å²) in [5.41, 5.74) is 4.11. The fraction of sp³-hybridized carbons (Fsp3) is 0.0667. The maximum Gasteiger partial charge on any atom is 0.262 e. The van der Waals surface area contributed by atoms with E-state index in [1.807, 2.05) is 0 Å². The van der Waals surface area contributed by atoms with E-state index < -0.39 is 29.0 Å². The van der Waals surface area contributed by atoms with Crippen LogP contribution in [0.2, 0.25) is 0 Å². The van der Waals surface area contributed by atoms with Gasteiger partial charge in [0.2, 0.25) is 0 Å². The van der Waals surface area contributed by atoms with Crippen LogP contribution in [0.25, 0.3) is 0 Å². The highest BCUT2D eigenvalue weighted by molar-refractivity contribution is 14.1. The maximum atomic E-state index is 13.6. The Morgan fingerprint density at radius 1 is 1.13 bits per heavy atom. The van der Waals surface area contributed by atoms with Crippen molar-refractivity contribution in [3.63, 3.8) is 0 Å². The Morgan fingerprint density at radius 3 is 2.39 bits per heavy atom. The summed E-state index contributed by atoms with van der Waals surface area (Å²) in [4.78, 5) is 22.8. The first-order chi connectivity index (χ1) is 10.9. The average molecular weight is 432 g/mol. The summed E-state index contributed by atoms with van der Waals surface area (Å²) in [6, 6.07) is 8.28. The molecule has 0 saturated heterocycles. The van der Waals surface area contributed by atoms with Gasteiger partial charge in [-0.1, -0.05) is 0 Å². The number of nitrogens with two attached hydrogens (primary N) is 1. The van der Waals surface area contributed by atoms with Gasteiger partial charge in [-0.15, -0.1) is 0 Å². The van der Waals surface area contributed by atoms with Gasteiger partial charge in [0.25, 0.3) is 11.8 Å². The van der Waals surface area contributed by atoms with Crippen molar-refractivity contribution in [3.8, 4) is 5.75 Å². The number of carbonyl (C=O) groups is 2. The SMILES string of the molecule is NC(=O)c1cc(NC(=O)COc2ccc(I)cc2)c(F)cc1F. The average Bonchev–Trinajstić information content (AvgIpc) is 2.49. The van der Waals surface area contributed by atoms with Crippen molar-refractivity contribution in [2.45, 2.75) is 0 Å². The molecule has 2 amide bonds. The van der Waals surface area contributed by atoms with E-state index in [1.54, 1.807) is 24.3 Å². The van der Waals surface area contributed by atoms with Crippen molar-refractivity contribution in [2.24, 2.45) is 5.73 Å². The van der Waals surface area contributed by atoms with E-state index >= 15 is 0 Å². The quantitative estimate of drug-likeness (QED) is 0.714. The first kappa shape index (κ1) is 17.1. The van der Waals surface area contributed by atoms with Gasteiger partial charge in [0.05, 0.1) is 11.3 Å². The molecule has 0 unspecified atom stereocenters. The van der Waals surface area contributed by atoms with Crippen LogP contribution in [-0.4, -0.2) is 18.4 Å². The summed E-state index contributed by atoms with van der Waals surface area (Å²) in [5.74, 6) is -3.37. The summed E-state index contributed by atoms with van der Waals surface area (Å²) < 4.78 is 33.2. The highest BCUT2D eigenvalue weighted by Gasteiger charge is 2.15. The van der Waals surface area contributed by atoms with E-state index in [4.69, 9.17) is 10.5 Å². The van der Waals surface area contributed by atoms with Crippen LogP contribution in [0.3, 0.4) is 0 Å². The number of nitrogens with one attached hydrogen (secondary N) is 1. The second-order valence-corrected chi connectivity index (χ2v) is 5.71. The van der Waals surface area contributed by atoms with Gasteiger partial charge in [-0.05, 0) is 52.9 Å². The lowest BCUT2D eigenvalue weighted by atomic mass is 10.1. The molecule has 0 saturated carbocycles. The molecule has 2 rings (SSSR count). The van der Waals surface area contributed by atoms with Gasteiger partial charge < -0.3 is 15.8 Å². The topological polar surface area (TPSA) is 81.4 Å². The Labute approximate surface area is 144 Å². The summed E-state index contributed by atoms with van der Waals surface area (Å²) >= 11 is 2.12. The number of anilines is 1. The van der Waals surface area contributed by atoms with Gasteiger partial charge in [0, 0.05) is 9.64 Å². The number of amides is 2. The maximum absolute atomic E-state index is 13.6. The van der Waals surface area contributed by atoms with Crippen LogP contribution in [0.15, 0.2) is 36.4 Å². The zero-order valence-corrected chi connectivity index (χ0v) is 13.8.